The third-order valence-electron chi connectivity index (χ3n) is 7.70. The molecule has 0 radical (unpaired) electrons. The molecule has 2 N–H and O–H groups in total. The summed E-state index contributed by atoms with van der Waals surface area (Å²) in [5.41, 5.74) is -0.441. The van der Waals surface area contributed by atoms with Gasteiger partial charge in [0.1, 0.15) is 5.82 Å². The van der Waals surface area contributed by atoms with Crippen LogP contribution in [0.2, 0.25) is 0 Å². The van der Waals surface area contributed by atoms with Crippen LogP contribution in [0.25, 0.3) is 0 Å². The van der Waals surface area contributed by atoms with E-state index in [0.29, 0.717) is 30.1 Å². The number of hydrogen-bond donors (Lipinski definition) is 2. The van der Waals surface area contributed by atoms with Crippen LogP contribution in [0, 0.1) is 5.82 Å². The highest BCUT2D eigenvalue weighted by molar-refractivity contribution is 5.89. The fraction of sp³-hybridized carbons (Fsp3) is 0.519. The van der Waals surface area contributed by atoms with Crippen molar-refractivity contribution in [2.24, 2.45) is 0 Å². The van der Waals surface area contributed by atoms with E-state index in [4.69, 9.17) is 9.47 Å². The van der Waals surface area contributed by atoms with Crippen molar-refractivity contribution < 1.29 is 31.8 Å². The summed E-state index contributed by atoms with van der Waals surface area (Å²) >= 11 is 0. The zero-order valence-electron chi connectivity index (χ0n) is 21.3. The number of fused-ring (bicyclic) bond motifs is 1. The molecule has 2 fully saturated rings. The molecule has 1 aliphatic heterocycles. The van der Waals surface area contributed by atoms with Gasteiger partial charge in [0.15, 0.2) is 11.5 Å². The number of urea groups is 1. The average molecular weight is 524 g/mol. The number of hydrogen-bond acceptors (Lipinski definition) is 4. The second-order valence-electron chi connectivity index (χ2n) is 9.79. The average Bonchev–Trinajstić information content (AvgIpc) is 3.23. The van der Waals surface area contributed by atoms with Crippen LogP contribution in [0.4, 0.5) is 28.0 Å². The summed E-state index contributed by atoms with van der Waals surface area (Å²) in [6.45, 7) is 4.02. The van der Waals surface area contributed by atoms with Crippen molar-refractivity contribution in [3.8, 4) is 11.5 Å². The first-order valence-electron chi connectivity index (χ1n) is 12.5. The van der Waals surface area contributed by atoms with Gasteiger partial charge in [0.05, 0.1) is 19.8 Å². The fourth-order valence-electron chi connectivity index (χ4n) is 5.99. The highest BCUT2D eigenvalue weighted by Crippen LogP contribution is 2.50. The fourth-order valence-corrected chi connectivity index (χ4v) is 5.99. The van der Waals surface area contributed by atoms with E-state index in [1.807, 2.05) is 6.07 Å². The van der Waals surface area contributed by atoms with E-state index in [-0.39, 0.29) is 23.2 Å². The van der Waals surface area contributed by atoms with Crippen molar-refractivity contribution in [1.82, 2.24) is 10.2 Å². The molecule has 1 saturated carbocycles. The number of nitrogens with one attached hydrogen (secondary N) is 2. The standard InChI is InChI=1S/C27H33F4N3O3/c1-4-12-34-13-11-26(17-5-8-22(36-2)23(14-17)37-3)10-9-19(16-24(26)34)33-25(35)32-18-6-7-21(28)20(15-18)27(29,30)31/h5-8,14-15,19,24H,4,9-13,16H2,1-3H3,(H2,32,33,35). The normalized spacial score (nSPS) is 23.9. The van der Waals surface area contributed by atoms with Gasteiger partial charge in [-0.15, -0.1) is 0 Å². The molecule has 1 aliphatic carbocycles. The smallest absolute Gasteiger partial charge is 0.419 e. The number of anilines is 1. The Balaban J connectivity index is 1.50. The Hall–Kier alpha value is -3.01. The third-order valence-corrected chi connectivity index (χ3v) is 7.70. The topological polar surface area (TPSA) is 62.8 Å². The van der Waals surface area contributed by atoms with E-state index in [1.165, 1.54) is 5.56 Å². The van der Waals surface area contributed by atoms with Gasteiger partial charge in [0.2, 0.25) is 0 Å². The van der Waals surface area contributed by atoms with Crippen molar-refractivity contribution in [2.75, 3.05) is 32.6 Å². The Morgan fingerprint density at radius 3 is 2.54 bits per heavy atom. The molecule has 2 aromatic carbocycles. The van der Waals surface area contributed by atoms with Crippen LogP contribution in [0.15, 0.2) is 36.4 Å². The van der Waals surface area contributed by atoms with Crippen molar-refractivity contribution >= 4 is 11.7 Å². The van der Waals surface area contributed by atoms with Gasteiger partial charge in [-0.3, -0.25) is 4.90 Å². The van der Waals surface area contributed by atoms with Gasteiger partial charge in [-0.1, -0.05) is 13.0 Å². The van der Waals surface area contributed by atoms with Crippen LogP contribution < -0.4 is 20.1 Å². The first-order valence-corrected chi connectivity index (χ1v) is 12.5. The number of halogens is 4. The maximum atomic E-state index is 13.6. The Bertz CT molecular complexity index is 1130. The molecule has 3 unspecified atom stereocenters. The highest BCUT2D eigenvalue weighted by Gasteiger charge is 2.51. The van der Waals surface area contributed by atoms with Gasteiger partial charge in [0.25, 0.3) is 0 Å². The van der Waals surface area contributed by atoms with Gasteiger partial charge >= 0.3 is 12.2 Å². The van der Waals surface area contributed by atoms with Crippen molar-refractivity contribution in [3.63, 3.8) is 0 Å². The van der Waals surface area contributed by atoms with Gasteiger partial charge in [-0.2, -0.15) is 13.2 Å². The predicted octanol–water partition coefficient (Wildman–Crippen LogP) is 5.96. The molecule has 2 aromatic rings. The molecule has 2 aliphatic rings. The molecule has 202 valence electrons. The molecule has 4 rings (SSSR count). The second kappa shape index (κ2) is 10.8. The first kappa shape index (κ1) is 27.0. The molecule has 10 heteroatoms. The molecule has 1 saturated heterocycles. The molecule has 0 spiro atoms. The lowest BCUT2D eigenvalue weighted by atomic mass is 9.65. The Kier molecular flexibility index (Phi) is 7.87. The summed E-state index contributed by atoms with van der Waals surface area (Å²) in [5, 5.41) is 5.36. The Labute approximate surface area is 214 Å². The minimum absolute atomic E-state index is 0.0953. The van der Waals surface area contributed by atoms with Gasteiger partial charge in [0, 0.05) is 23.2 Å². The van der Waals surface area contributed by atoms with E-state index in [0.717, 1.165) is 44.8 Å². The summed E-state index contributed by atoms with van der Waals surface area (Å²) in [4.78, 5) is 15.2. The van der Waals surface area contributed by atoms with E-state index >= 15 is 0 Å². The van der Waals surface area contributed by atoms with Crippen molar-refractivity contribution in [1.29, 1.82) is 0 Å². The summed E-state index contributed by atoms with van der Waals surface area (Å²) in [5.74, 6) is -0.0298. The molecule has 2 amide bonds. The lowest BCUT2D eigenvalue weighted by Crippen LogP contribution is -2.53. The van der Waals surface area contributed by atoms with Crippen LogP contribution in [0.3, 0.4) is 0 Å². The Morgan fingerprint density at radius 1 is 1.11 bits per heavy atom. The minimum Gasteiger partial charge on any atom is -0.493 e. The second-order valence-corrected chi connectivity index (χ2v) is 9.79. The van der Waals surface area contributed by atoms with Gasteiger partial charge in [-0.25, -0.2) is 9.18 Å². The van der Waals surface area contributed by atoms with Crippen LogP contribution in [0.5, 0.6) is 11.5 Å². The first-order chi connectivity index (χ1) is 17.6. The number of amides is 2. The maximum Gasteiger partial charge on any atom is 0.419 e. The maximum absolute atomic E-state index is 13.6. The Morgan fingerprint density at radius 2 is 1.86 bits per heavy atom. The number of rotatable bonds is 7. The summed E-state index contributed by atoms with van der Waals surface area (Å²) in [6.07, 6.45) is -0.590. The van der Waals surface area contributed by atoms with Crippen molar-refractivity contribution in [2.45, 2.75) is 62.7 Å². The summed E-state index contributed by atoms with van der Waals surface area (Å²) < 4.78 is 63.7. The third kappa shape index (κ3) is 5.49. The van der Waals surface area contributed by atoms with E-state index in [9.17, 15) is 22.4 Å². The highest BCUT2D eigenvalue weighted by atomic mass is 19.4. The monoisotopic (exact) mass is 523 g/mol. The quantitative estimate of drug-likeness (QED) is 0.440. The molecular formula is C27H33F4N3O3. The summed E-state index contributed by atoms with van der Waals surface area (Å²) in [6, 6.07) is 7.93. The largest absolute Gasteiger partial charge is 0.493 e. The van der Waals surface area contributed by atoms with Crippen LogP contribution in [-0.4, -0.2) is 50.3 Å². The number of methoxy groups -OCH3 is 2. The summed E-state index contributed by atoms with van der Waals surface area (Å²) in [7, 11) is 3.22. The number of benzene rings is 2. The minimum atomic E-state index is -4.85. The zero-order chi connectivity index (χ0) is 26.8. The lowest BCUT2D eigenvalue weighted by Gasteiger charge is -2.45. The number of alkyl halides is 3. The van der Waals surface area contributed by atoms with Crippen LogP contribution >= 0.6 is 0 Å². The zero-order valence-corrected chi connectivity index (χ0v) is 21.3. The molecule has 0 bridgehead atoms. The number of carbonyl (C=O) groups is 1. The predicted molar refractivity (Wildman–Crippen MR) is 133 cm³/mol. The number of nitrogens with zero attached hydrogens (tertiary/aromatic N) is 1. The van der Waals surface area contributed by atoms with Gasteiger partial charge < -0.3 is 20.1 Å². The number of likely N-dealkylation sites (tertiary alicyclic amines) is 1. The van der Waals surface area contributed by atoms with E-state index < -0.39 is 23.6 Å². The molecule has 1 heterocycles. The van der Waals surface area contributed by atoms with Crippen LogP contribution in [0.1, 0.15) is 50.2 Å². The van der Waals surface area contributed by atoms with E-state index in [1.54, 1.807) is 14.2 Å². The van der Waals surface area contributed by atoms with Gasteiger partial charge in [-0.05, 0) is 81.1 Å². The van der Waals surface area contributed by atoms with E-state index in [2.05, 4.69) is 34.6 Å². The SMILES string of the molecule is CCCN1CCC2(c3ccc(OC)c(OC)c3)CCC(NC(=O)Nc3ccc(F)c(C(F)(F)F)c3)CC12. The molecule has 37 heavy (non-hydrogen) atoms. The molecule has 6 nitrogen and oxygen atoms in total. The molecule has 0 aromatic heterocycles. The molecular weight excluding hydrogens is 490 g/mol. The van der Waals surface area contributed by atoms with Crippen LogP contribution in [-0.2, 0) is 11.6 Å². The molecule has 3 atom stereocenters. The number of ether oxygens (including phenoxy) is 2. The number of carbonyl (C=O) groups excluding carboxylic acids is 1. The lowest BCUT2D eigenvalue weighted by molar-refractivity contribution is -0.139. The van der Waals surface area contributed by atoms with Crippen molar-refractivity contribution in [3.05, 3.63) is 53.3 Å².